The van der Waals surface area contributed by atoms with Crippen LogP contribution < -0.4 is 4.74 Å². The van der Waals surface area contributed by atoms with E-state index in [1.165, 1.54) is 6.07 Å². The van der Waals surface area contributed by atoms with E-state index in [1.807, 2.05) is 0 Å². The molecular weight excluding hydrogens is 344 g/mol. The van der Waals surface area contributed by atoms with Gasteiger partial charge in [0.1, 0.15) is 34.0 Å². The third-order valence-corrected chi connectivity index (χ3v) is 3.42. The second-order valence-corrected chi connectivity index (χ2v) is 4.96. The van der Waals surface area contributed by atoms with Crippen LogP contribution in [0.25, 0.3) is 0 Å². The molecule has 0 saturated carbocycles. The topological polar surface area (TPSA) is 46.5 Å². The molecular formula is C14H7Cl2F3O3. The zero-order chi connectivity index (χ0) is 16.4. The zero-order valence-electron chi connectivity index (χ0n) is 10.7. The molecule has 0 amide bonds. The monoisotopic (exact) mass is 350 g/mol. The van der Waals surface area contributed by atoms with Crippen LogP contribution in [0.1, 0.15) is 15.9 Å². The molecule has 3 nitrogen and oxygen atoms in total. The van der Waals surface area contributed by atoms with E-state index in [1.54, 1.807) is 0 Å². The maximum atomic E-state index is 13.5. The fourth-order valence-corrected chi connectivity index (χ4v) is 2.04. The number of hydrogen-bond acceptors (Lipinski definition) is 2. The lowest BCUT2D eigenvalue weighted by molar-refractivity contribution is 0.0691. The summed E-state index contributed by atoms with van der Waals surface area (Å²) in [4.78, 5) is 10.8. The summed E-state index contributed by atoms with van der Waals surface area (Å²) in [6.07, 6.45) is 0. The van der Waals surface area contributed by atoms with E-state index in [4.69, 9.17) is 33.0 Å². The van der Waals surface area contributed by atoms with E-state index >= 15 is 0 Å². The minimum Gasteiger partial charge on any atom is -0.487 e. The highest BCUT2D eigenvalue weighted by Crippen LogP contribution is 2.34. The Hall–Kier alpha value is -1.92. The van der Waals surface area contributed by atoms with E-state index < -0.39 is 39.0 Å². The van der Waals surface area contributed by atoms with Crippen molar-refractivity contribution < 1.29 is 27.8 Å². The molecule has 0 fully saturated rings. The molecule has 2 rings (SSSR count). The van der Waals surface area contributed by atoms with Crippen LogP contribution in [0.3, 0.4) is 0 Å². The number of carboxylic acids is 1. The van der Waals surface area contributed by atoms with Crippen molar-refractivity contribution in [3.63, 3.8) is 0 Å². The zero-order valence-corrected chi connectivity index (χ0v) is 12.2. The fourth-order valence-electron chi connectivity index (χ4n) is 1.64. The average molecular weight is 351 g/mol. The van der Waals surface area contributed by atoms with Gasteiger partial charge in [-0.05, 0) is 17.7 Å². The Morgan fingerprint density at radius 3 is 2.41 bits per heavy atom. The molecule has 0 bridgehead atoms. The molecule has 0 unspecified atom stereocenters. The van der Waals surface area contributed by atoms with Gasteiger partial charge >= 0.3 is 5.97 Å². The van der Waals surface area contributed by atoms with Crippen molar-refractivity contribution in [1.29, 1.82) is 0 Å². The Morgan fingerprint density at radius 2 is 1.77 bits per heavy atom. The summed E-state index contributed by atoms with van der Waals surface area (Å²) in [5.74, 6) is -4.87. The smallest absolute Gasteiger partial charge is 0.338 e. The lowest BCUT2D eigenvalue weighted by Crippen LogP contribution is -2.04. The van der Waals surface area contributed by atoms with Crippen molar-refractivity contribution in [3.8, 4) is 5.75 Å². The second kappa shape index (κ2) is 6.46. The summed E-state index contributed by atoms with van der Waals surface area (Å²) >= 11 is 11.0. The molecule has 0 saturated heterocycles. The van der Waals surface area contributed by atoms with Gasteiger partial charge in [0.25, 0.3) is 0 Å². The molecule has 0 spiro atoms. The molecule has 2 aromatic carbocycles. The van der Waals surface area contributed by atoms with Crippen LogP contribution in [-0.2, 0) is 6.61 Å². The predicted octanol–water partition coefficient (Wildman–Crippen LogP) is 4.69. The first kappa shape index (κ1) is 16.5. The Balaban J connectivity index is 2.24. The van der Waals surface area contributed by atoms with Crippen molar-refractivity contribution in [2.24, 2.45) is 0 Å². The lowest BCUT2D eigenvalue weighted by atomic mass is 10.1. The number of halogens is 5. The number of carbonyl (C=O) groups is 1. The molecule has 22 heavy (non-hydrogen) atoms. The number of hydrogen-bond donors (Lipinski definition) is 1. The Labute approximate surface area is 132 Å². The molecule has 0 aliphatic carbocycles. The highest BCUT2D eigenvalue weighted by atomic mass is 35.5. The second-order valence-electron chi connectivity index (χ2n) is 4.21. The van der Waals surface area contributed by atoms with Crippen LogP contribution in [0.2, 0.25) is 10.0 Å². The summed E-state index contributed by atoms with van der Waals surface area (Å²) in [5, 5.41) is 7.54. The van der Waals surface area contributed by atoms with E-state index in [0.717, 1.165) is 18.2 Å². The summed E-state index contributed by atoms with van der Waals surface area (Å²) < 4.78 is 45.2. The highest BCUT2D eigenvalue weighted by molar-refractivity contribution is 6.35. The number of rotatable bonds is 4. The van der Waals surface area contributed by atoms with E-state index in [2.05, 4.69) is 0 Å². The van der Waals surface area contributed by atoms with E-state index in [0.29, 0.717) is 0 Å². The summed E-state index contributed by atoms with van der Waals surface area (Å²) in [5.41, 5.74) is -0.258. The van der Waals surface area contributed by atoms with Gasteiger partial charge < -0.3 is 9.84 Å². The number of ether oxygens (including phenoxy) is 1. The normalized spacial score (nSPS) is 10.6. The number of carboxylic acid groups (broad SMARTS) is 1. The van der Waals surface area contributed by atoms with Gasteiger partial charge in [0.05, 0.1) is 5.56 Å². The molecule has 2 aromatic rings. The third kappa shape index (κ3) is 3.28. The average Bonchev–Trinajstić information content (AvgIpc) is 2.48. The molecule has 0 atom stereocenters. The Morgan fingerprint density at radius 1 is 1.09 bits per heavy atom. The van der Waals surface area contributed by atoms with Crippen LogP contribution in [0.15, 0.2) is 24.3 Å². The lowest BCUT2D eigenvalue weighted by Gasteiger charge is -2.10. The summed E-state index contributed by atoms with van der Waals surface area (Å²) in [7, 11) is 0. The third-order valence-electron chi connectivity index (χ3n) is 2.72. The molecule has 0 aromatic heterocycles. The van der Waals surface area contributed by atoms with Gasteiger partial charge in [-0.1, -0.05) is 29.3 Å². The molecule has 0 radical (unpaired) electrons. The highest BCUT2D eigenvalue weighted by Gasteiger charge is 2.17. The largest absolute Gasteiger partial charge is 0.487 e. The number of benzene rings is 2. The van der Waals surface area contributed by atoms with Crippen molar-refractivity contribution in [3.05, 3.63) is 62.9 Å². The van der Waals surface area contributed by atoms with E-state index in [-0.39, 0.29) is 17.9 Å². The molecule has 0 aliphatic heterocycles. The number of aromatic carboxylic acids is 1. The van der Waals surface area contributed by atoms with Crippen LogP contribution in [0, 0.1) is 17.5 Å². The molecule has 0 heterocycles. The Kier molecular flexibility index (Phi) is 4.83. The summed E-state index contributed by atoms with van der Waals surface area (Å²) in [6, 6.07) is 4.08. The minimum absolute atomic E-state index is 0.263. The van der Waals surface area contributed by atoms with Gasteiger partial charge in [0, 0.05) is 6.07 Å². The SMILES string of the molecule is O=C(O)c1cc(COc2cc(F)c(Cl)c(F)c2Cl)ccc1F. The van der Waals surface area contributed by atoms with Gasteiger partial charge in [-0.2, -0.15) is 0 Å². The first-order valence-corrected chi connectivity index (χ1v) is 6.54. The maximum absolute atomic E-state index is 13.5. The van der Waals surface area contributed by atoms with Crippen LogP contribution in [0.4, 0.5) is 13.2 Å². The minimum atomic E-state index is -1.44. The quantitative estimate of drug-likeness (QED) is 0.642. The molecule has 8 heteroatoms. The van der Waals surface area contributed by atoms with Crippen LogP contribution in [0.5, 0.6) is 5.75 Å². The van der Waals surface area contributed by atoms with Crippen molar-refractivity contribution in [1.82, 2.24) is 0 Å². The predicted molar refractivity (Wildman–Crippen MR) is 74.1 cm³/mol. The van der Waals surface area contributed by atoms with Crippen molar-refractivity contribution >= 4 is 29.2 Å². The van der Waals surface area contributed by atoms with Gasteiger partial charge in [-0.15, -0.1) is 0 Å². The standard InChI is InChI=1S/C14H7Cl2F3O3/c15-11-9(18)4-10(12(16)13(11)19)22-5-6-1-2-8(17)7(3-6)14(20)21/h1-4H,5H2,(H,20,21). The fraction of sp³-hybridized carbons (Fsp3) is 0.0714. The molecule has 0 aliphatic rings. The van der Waals surface area contributed by atoms with Crippen LogP contribution >= 0.6 is 23.2 Å². The molecule has 1 N–H and O–H groups in total. The van der Waals surface area contributed by atoms with Crippen molar-refractivity contribution in [2.45, 2.75) is 6.61 Å². The first-order chi connectivity index (χ1) is 10.3. The molecule has 116 valence electrons. The Bertz CT molecular complexity index is 751. The summed E-state index contributed by atoms with van der Waals surface area (Å²) in [6.45, 7) is -0.263. The van der Waals surface area contributed by atoms with Crippen molar-refractivity contribution in [2.75, 3.05) is 0 Å². The van der Waals surface area contributed by atoms with Gasteiger partial charge in [-0.25, -0.2) is 18.0 Å². The van der Waals surface area contributed by atoms with E-state index in [9.17, 15) is 18.0 Å². The van der Waals surface area contributed by atoms with Gasteiger partial charge in [0.2, 0.25) is 0 Å². The first-order valence-electron chi connectivity index (χ1n) is 5.78. The van der Waals surface area contributed by atoms with Gasteiger partial charge in [-0.3, -0.25) is 0 Å². The maximum Gasteiger partial charge on any atom is 0.338 e. The van der Waals surface area contributed by atoms with Crippen LogP contribution in [-0.4, -0.2) is 11.1 Å². The van der Waals surface area contributed by atoms with Gasteiger partial charge in [0.15, 0.2) is 5.82 Å².